The smallest absolute Gasteiger partial charge is 0.183 e. The van der Waals surface area contributed by atoms with E-state index < -0.39 is 11.6 Å². The molecule has 2 rings (SSSR count). The molecule has 2 N–H and O–H groups in total. The molecule has 0 aromatic heterocycles. The first-order chi connectivity index (χ1) is 7.12. The van der Waals surface area contributed by atoms with Crippen LogP contribution in [-0.2, 0) is 16.0 Å². The van der Waals surface area contributed by atoms with Crippen molar-refractivity contribution in [3.8, 4) is 0 Å². The van der Waals surface area contributed by atoms with Gasteiger partial charge in [0.2, 0.25) is 0 Å². The number of carbonyl (C=O) groups is 1. The fraction of sp³-hybridized carbons (Fsp3) is 0.417. The highest BCUT2D eigenvalue weighted by Gasteiger charge is 2.48. The molecule has 1 aliphatic rings. The number of nitrogens with two attached hydrogens (primary N) is 1. The summed E-state index contributed by atoms with van der Waals surface area (Å²) in [6.07, 6.45) is 0.582. The largest absolute Gasteiger partial charge is 0.362 e. The average molecular weight is 205 g/mol. The van der Waals surface area contributed by atoms with E-state index >= 15 is 0 Å². The Morgan fingerprint density at radius 2 is 2.13 bits per heavy atom. The van der Waals surface area contributed by atoms with Gasteiger partial charge in [0, 0.05) is 0 Å². The fourth-order valence-electron chi connectivity index (χ4n) is 1.60. The van der Waals surface area contributed by atoms with Gasteiger partial charge in [0.1, 0.15) is 5.60 Å². The zero-order chi connectivity index (χ0) is 10.9. The van der Waals surface area contributed by atoms with E-state index in [1.165, 1.54) is 0 Å². The lowest BCUT2D eigenvalue weighted by Gasteiger charge is -2.12. The minimum atomic E-state index is -0.603. The van der Waals surface area contributed by atoms with Crippen molar-refractivity contribution >= 4 is 5.78 Å². The molecule has 0 aliphatic carbocycles. The van der Waals surface area contributed by atoms with Crippen LogP contribution in [0.3, 0.4) is 0 Å². The van der Waals surface area contributed by atoms with Crippen LogP contribution >= 0.6 is 0 Å². The molecule has 0 amide bonds. The first-order valence-electron chi connectivity index (χ1n) is 5.09. The van der Waals surface area contributed by atoms with Gasteiger partial charge in [0.25, 0.3) is 0 Å². The number of rotatable bonds is 4. The molecule has 1 aromatic carbocycles. The Kier molecular flexibility index (Phi) is 2.59. The van der Waals surface area contributed by atoms with Gasteiger partial charge in [-0.2, -0.15) is 0 Å². The van der Waals surface area contributed by atoms with Gasteiger partial charge in [-0.1, -0.05) is 30.3 Å². The van der Waals surface area contributed by atoms with Crippen molar-refractivity contribution in [1.29, 1.82) is 0 Å². The maximum Gasteiger partial charge on any atom is 0.183 e. The van der Waals surface area contributed by atoms with E-state index in [2.05, 4.69) is 0 Å². The maximum atomic E-state index is 11.8. The SMILES string of the molecule is CC1(C(=O)[C@@H](N)Cc2ccccc2)CO1. The number of ketones is 1. The van der Waals surface area contributed by atoms with Crippen LogP contribution in [0.5, 0.6) is 0 Å². The van der Waals surface area contributed by atoms with Crippen LogP contribution in [0.25, 0.3) is 0 Å². The van der Waals surface area contributed by atoms with E-state index in [1.807, 2.05) is 30.3 Å². The molecule has 0 spiro atoms. The van der Waals surface area contributed by atoms with Crippen molar-refractivity contribution in [3.05, 3.63) is 35.9 Å². The molecular weight excluding hydrogens is 190 g/mol. The lowest BCUT2D eigenvalue weighted by molar-refractivity contribution is -0.124. The van der Waals surface area contributed by atoms with Gasteiger partial charge in [-0.15, -0.1) is 0 Å². The van der Waals surface area contributed by atoms with E-state index in [9.17, 15) is 4.79 Å². The summed E-state index contributed by atoms with van der Waals surface area (Å²) in [6, 6.07) is 9.33. The number of hydrogen-bond acceptors (Lipinski definition) is 3. The molecular formula is C12H15NO2. The molecule has 1 aromatic rings. The molecule has 1 aliphatic heterocycles. The number of benzene rings is 1. The maximum absolute atomic E-state index is 11.8. The van der Waals surface area contributed by atoms with E-state index in [0.29, 0.717) is 13.0 Å². The molecule has 15 heavy (non-hydrogen) atoms. The second-order valence-corrected chi connectivity index (χ2v) is 4.18. The van der Waals surface area contributed by atoms with Gasteiger partial charge in [0.15, 0.2) is 5.78 Å². The van der Waals surface area contributed by atoms with Gasteiger partial charge in [-0.25, -0.2) is 0 Å². The summed E-state index contributed by atoms with van der Waals surface area (Å²) in [6.45, 7) is 2.30. The highest BCUT2D eigenvalue weighted by molar-refractivity contribution is 5.93. The lowest BCUT2D eigenvalue weighted by Crippen LogP contribution is -2.40. The normalized spacial score (nSPS) is 26.0. The Hall–Kier alpha value is -1.19. The highest BCUT2D eigenvalue weighted by Crippen LogP contribution is 2.28. The van der Waals surface area contributed by atoms with Crippen molar-refractivity contribution in [2.75, 3.05) is 6.61 Å². The average Bonchev–Trinajstić information content (AvgIpc) is 2.98. The third-order valence-corrected chi connectivity index (χ3v) is 2.73. The van der Waals surface area contributed by atoms with E-state index in [-0.39, 0.29) is 5.78 Å². The molecule has 1 fully saturated rings. The Morgan fingerprint density at radius 3 is 2.67 bits per heavy atom. The third kappa shape index (κ3) is 2.25. The van der Waals surface area contributed by atoms with E-state index in [1.54, 1.807) is 6.92 Å². The van der Waals surface area contributed by atoms with Crippen molar-refractivity contribution in [3.63, 3.8) is 0 Å². The van der Waals surface area contributed by atoms with E-state index in [4.69, 9.17) is 10.5 Å². The zero-order valence-electron chi connectivity index (χ0n) is 8.77. The summed E-state index contributed by atoms with van der Waals surface area (Å²) in [4.78, 5) is 11.8. The van der Waals surface area contributed by atoms with Crippen LogP contribution in [0.4, 0.5) is 0 Å². The lowest BCUT2D eigenvalue weighted by atomic mass is 9.96. The Balaban J connectivity index is 1.98. The molecule has 1 unspecified atom stereocenters. The van der Waals surface area contributed by atoms with Crippen molar-refractivity contribution in [2.45, 2.75) is 25.0 Å². The minimum absolute atomic E-state index is 0.00588. The van der Waals surface area contributed by atoms with Gasteiger partial charge in [-0.3, -0.25) is 4.79 Å². The number of epoxide rings is 1. The topological polar surface area (TPSA) is 55.6 Å². The second-order valence-electron chi connectivity index (χ2n) is 4.18. The van der Waals surface area contributed by atoms with Gasteiger partial charge < -0.3 is 10.5 Å². The molecule has 3 heteroatoms. The molecule has 3 nitrogen and oxygen atoms in total. The van der Waals surface area contributed by atoms with Crippen molar-refractivity contribution in [1.82, 2.24) is 0 Å². The molecule has 2 atom stereocenters. The Bertz CT molecular complexity index is 357. The molecule has 0 bridgehead atoms. The molecule has 0 radical (unpaired) electrons. The van der Waals surface area contributed by atoms with Crippen LogP contribution in [0.1, 0.15) is 12.5 Å². The van der Waals surface area contributed by atoms with Crippen LogP contribution < -0.4 is 5.73 Å². The summed E-state index contributed by atoms with van der Waals surface area (Å²) < 4.78 is 5.09. The van der Waals surface area contributed by atoms with E-state index in [0.717, 1.165) is 5.56 Å². The predicted molar refractivity (Wildman–Crippen MR) is 57.5 cm³/mol. The number of hydrogen-bond donors (Lipinski definition) is 1. The third-order valence-electron chi connectivity index (χ3n) is 2.73. The van der Waals surface area contributed by atoms with Crippen LogP contribution in [-0.4, -0.2) is 24.0 Å². The van der Waals surface area contributed by atoms with Gasteiger partial charge in [-0.05, 0) is 18.9 Å². The Labute approximate surface area is 89.2 Å². The predicted octanol–water partition coefficient (Wildman–Crippen LogP) is 0.914. The Morgan fingerprint density at radius 1 is 1.53 bits per heavy atom. The second kappa shape index (κ2) is 3.76. The standard InChI is InChI=1S/C12H15NO2/c1-12(8-15-12)11(14)10(13)7-9-5-3-2-4-6-9/h2-6,10H,7-8,13H2,1H3/t10-,12?/m0/s1. The highest BCUT2D eigenvalue weighted by atomic mass is 16.6. The monoisotopic (exact) mass is 205 g/mol. The molecule has 0 saturated carbocycles. The van der Waals surface area contributed by atoms with Crippen molar-refractivity contribution in [2.24, 2.45) is 5.73 Å². The quantitative estimate of drug-likeness (QED) is 0.743. The number of carbonyl (C=O) groups excluding carboxylic acids is 1. The molecule has 80 valence electrons. The van der Waals surface area contributed by atoms with Gasteiger partial charge in [0.05, 0.1) is 12.6 Å². The molecule has 1 heterocycles. The summed E-state index contributed by atoms with van der Waals surface area (Å²) in [5.41, 5.74) is 6.33. The summed E-state index contributed by atoms with van der Waals surface area (Å²) in [5.74, 6) is 0.00588. The van der Waals surface area contributed by atoms with Crippen LogP contribution in [0, 0.1) is 0 Å². The van der Waals surface area contributed by atoms with Crippen LogP contribution in [0.2, 0.25) is 0 Å². The number of ether oxygens (including phenoxy) is 1. The summed E-state index contributed by atoms with van der Waals surface area (Å²) in [5, 5.41) is 0. The van der Waals surface area contributed by atoms with Crippen LogP contribution in [0.15, 0.2) is 30.3 Å². The zero-order valence-corrected chi connectivity index (χ0v) is 8.77. The van der Waals surface area contributed by atoms with Gasteiger partial charge >= 0.3 is 0 Å². The van der Waals surface area contributed by atoms with Crippen molar-refractivity contribution < 1.29 is 9.53 Å². The number of Topliss-reactive ketones (excluding diaryl/α,β-unsaturated/α-hetero) is 1. The first-order valence-corrected chi connectivity index (χ1v) is 5.09. The summed E-state index contributed by atoms with van der Waals surface area (Å²) >= 11 is 0. The molecule has 1 saturated heterocycles. The first kappa shape index (κ1) is 10.3. The fourth-order valence-corrected chi connectivity index (χ4v) is 1.60. The summed E-state index contributed by atoms with van der Waals surface area (Å²) in [7, 11) is 0. The minimum Gasteiger partial charge on any atom is -0.362 e.